The van der Waals surface area contributed by atoms with Crippen molar-refractivity contribution in [1.29, 1.82) is 0 Å². The molecule has 0 spiro atoms. The van der Waals surface area contributed by atoms with Crippen molar-refractivity contribution in [2.45, 2.75) is 19.8 Å². The predicted octanol–water partition coefficient (Wildman–Crippen LogP) is 2.31. The number of rotatable bonds is 6. The van der Waals surface area contributed by atoms with Crippen molar-refractivity contribution in [2.75, 3.05) is 18.5 Å². The lowest BCUT2D eigenvalue weighted by atomic mass is 10.1. The van der Waals surface area contributed by atoms with Gasteiger partial charge in [0.25, 0.3) is 0 Å². The first-order valence-electron chi connectivity index (χ1n) is 6.04. The van der Waals surface area contributed by atoms with E-state index in [1.165, 1.54) is 0 Å². The van der Waals surface area contributed by atoms with E-state index in [4.69, 9.17) is 5.11 Å². The van der Waals surface area contributed by atoms with Gasteiger partial charge in [0, 0.05) is 31.7 Å². The molecule has 1 atom stereocenters. The van der Waals surface area contributed by atoms with Crippen molar-refractivity contribution in [1.82, 2.24) is 14.4 Å². The lowest BCUT2D eigenvalue weighted by Gasteiger charge is -2.09. The van der Waals surface area contributed by atoms with Crippen molar-refractivity contribution in [3.8, 4) is 0 Å². The molecule has 6 heteroatoms. The van der Waals surface area contributed by atoms with E-state index in [9.17, 15) is 0 Å². The standard InChI is InChI=1S/C12H17BrN4O/c1-9(8-18)3-2-4-14-11-12-15-5-6-17(12)7-10(13)16-11/h5-7,9,18H,2-4,8H2,1H3,(H,14,16). The maximum absolute atomic E-state index is 8.95. The molecule has 5 nitrogen and oxygen atoms in total. The third-order valence-electron chi connectivity index (χ3n) is 2.82. The molecule has 1 unspecified atom stereocenters. The maximum atomic E-state index is 8.95. The van der Waals surface area contributed by atoms with Crippen molar-refractivity contribution in [2.24, 2.45) is 5.92 Å². The maximum Gasteiger partial charge on any atom is 0.180 e. The smallest absolute Gasteiger partial charge is 0.180 e. The number of fused-ring (bicyclic) bond motifs is 1. The normalized spacial score (nSPS) is 12.8. The van der Waals surface area contributed by atoms with Crippen LogP contribution in [0.3, 0.4) is 0 Å². The minimum atomic E-state index is 0.250. The van der Waals surface area contributed by atoms with Crippen molar-refractivity contribution < 1.29 is 5.11 Å². The highest BCUT2D eigenvalue weighted by atomic mass is 79.9. The van der Waals surface area contributed by atoms with Gasteiger partial charge >= 0.3 is 0 Å². The largest absolute Gasteiger partial charge is 0.396 e. The molecule has 0 aliphatic carbocycles. The molecule has 0 bridgehead atoms. The monoisotopic (exact) mass is 312 g/mol. The Hall–Kier alpha value is -1.14. The van der Waals surface area contributed by atoms with E-state index in [1.54, 1.807) is 6.20 Å². The second-order valence-electron chi connectivity index (χ2n) is 4.43. The lowest BCUT2D eigenvalue weighted by molar-refractivity contribution is 0.229. The number of imidazole rings is 1. The summed E-state index contributed by atoms with van der Waals surface area (Å²) in [5.74, 6) is 1.14. The SMILES string of the molecule is CC(CO)CCCNc1nc(Br)cn2ccnc12. The quantitative estimate of drug-likeness (QED) is 0.804. The van der Waals surface area contributed by atoms with Crippen molar-refractivity contribution in [3.63, 3.8) is 0 Å². The molecule has 2 aromatic heterocycles. The average Bonchev–Trinajstić information content (AvgIpc) is 2.81. The van der Waals surface area contributed by atoms with Gasteiger partial charge in [0.15, 0.2) is 11.5 Å². The lowest BCUT2D eigenvalue weighted by Crippen LogP contribution is -2.08. The topological polar surface area (TPSA) is 62.5 Å². The summed E-state index contributed by atoms with van der Waals surface area (Å²) in [7, 11) is 0. The molecule has 0 fully saturated rings. The summed E-state index contributed by atoms with van der Waals surface area (Å²) in [6.07, 6.45) is 7.52. The van der Waals surface area contributed by atoms with Crippen LogP contribution in [0.1, 0.15) is 19.8 Å². The fourth-order valence-electron chi connectivity index (χ4n) is 1.77. The highest BCUT2D eigenvalue weighted by molar-refractivity contribution is 9.10. The van der Waals surface area contributed by atoms with E-state index < -0.39 is 0 Å². The Morgan fingerprint density at radius 2 is 2.39 bits per heavy atom. The third kappa shape index (κ3) is 3.20. The predicted molar refractivity (Wildman–Crippen MR) is 74.7 cm³/mol. The van der Waals surface area contributed by atoms with Gasteiger partial charge in [0.1, 0.15) is 4.60 Å². The van der Waals surface area contributed by atoms with Crippen LogP contribution in [0, 0.1) is 5.92 Å². The summed E-state index contributed by atoms with van der Waals surface area (Å²) in [6.45, 7) is 3.13. The molecule has 98 valence electrons. The van der Waals surface area contributed by atoms with Crippen LogP contribution in [-0.4, -0.2) is 32.6 Å². The summed E-state index contributed by atoms with van der Waals surface area (Å²) in [5, 5.41) is 12.2. The van der Waals surface area contributed by atoms with Crippen LogP contribution in [0.25, 0.3) is 5.65 Å². The van der Waals surface area contributed by atoms with Gasteiger partial charge in [-0.1, -0.05) is 6.92 Å². The van der Waals surface area contributed by atoms with Gasteiger partial charge in [-0.05, 0) is 34.7 Å². The van der Waals surface area contributed by atoms with Crippen LogP contribution in [0.2, 0.25) is 0 Å². The molecule has 18 heavy (non-hydrogen) atoms. The molecule has 2 heterocycles. The molecule has 0 saturated heterocycles. The molecule has 2 aromatic rings. The summed E-state index contributed by atoms with van der Waals surface area (Å²) in [5.41, 5.74) is 0.827. The van der Waals surface area contributed by atoms with Gasteiger partial charge in [0.2, 0.25) is 0 Å². The zero-order chi connectivity index (χ0) is 13.0. The molecule has 0 amide bonds. The first kappa shape index (κ1) is 13.3. The second kappa shape index (κ2) is 6.15. The number of anilines is 1. The zero-order valence-electron chi connectivity index (χ0n) is 10.3. The molecule has 0 aliphatic heterocycles. The number of aliphatic hydroxyl groups excluding tert-OH is 1. The van der Waals surface area contributed by atoms with Gasteiger partial charge in [0.05, 0.1) is 0 Å². The van der Waals surface area contributed by atoms with Crippen LogP contribution < -0.4 is 5.32 Å². The Kier molecular flexibility index (Phi) is 4.54. The Balaban J connectivity index is 1.97. The van der Waals surface area contributed by atoms with Crippen LogP contribution in [-0.2, 0) is 0 Å². The first-order valence-corrected chi connectivity index (χ1v) is 6.84. The minimum Gasteiger partial charge on any atom is -0.396 e. The highest BCUT2D eigenvalue weighted by Crippen LogP contribution is 2.17. The molecule has 2 rings (SSSR count). The molecule has 0 aromatic carbocycles. The molecular formula is C12H17BrN4O. The number of hydrogen-bond donors (Lipinski definition) is 2. The number of nitrogens with zero attached hydrogens (tertiary/aromatic N) is 3. The molecule has 0 saturated carbocycles. The fraction of sp³-hybridized carbons (Fsp3) is 0.500. The summed E-state index contributed by atoms with van der Waals surface area (Å²) in [4.78, 5) is 8.65. The van der Waals surface area contributed by atoms with E-state index >= 15 is 0 Å². The molecular weight excluding hydrogens is 296 g/mol. The van der Waals surface area contributed by atoms with Crippen LogP contribution in [0.15, 0.2) is 23.2 Å². The van der Waals surface area contributed by atoms with Crippen LogP contribution in [0.4, 0.5) is 5.82 Å². The van der Waals surface area contributed by atoms with Crippen LogP contribution in [0.5, 0.6) is 0 Å². The molecule has 0 radical (unpaired) electrons. The van der Waals surface area contributed by atoms with Crippen molar-refractivity contribution in [3.05, 3.63) is 23.2 Å². The number of nitrogens with one attached hydrogen (secondary N) is 1. The second-order valence-corrected chi connectivity index (χ2v) is 5.24. The van der Waals surface area contributed by atoms with E-state index in [0.717, 1.165) is 35.5 Å². The minimum absolute atomic E-state index is 0.250. The fourth-order valence-corrected chi connectivity index (χ4v) is 2.17. The summed E-state index contributed by atoms with van der Waals surface area (Å²) in [6, 6.07) is 0. The number of hydrogen-bond acceptors (Lipinski definition) is 4. The van der Waals surface area contributed by atoms with E-state index in [2.05, 4.69) is 31.2 Å². The number of aromatic nitrogens is 3. The first-order chi connectivity index (χ1) is 8.70. The average molecular weight is 313 g/mol. The summed E-state index contributed by atoms with van der Waals surface area (Å²) < 4.78 is 2.70. The third-order valence-corrected chi connectivity index (χ3v) is 3.20. The van der Waals surface area contributed by atoms with Gasteiger partial charge in [-0.25, -0.2) is 9.97 Å². The number of aliphatic hydroxyl groups is 1. The Morgan fingerprint density at radius 1 is 1.56 bits per heavy atom. The molecule has 2 N–H and O–H groups in total. The Labute approximate surface area is 114 Å². The highest BCUT2D eigenvalue weighted by Gasteiger charge is 2.06. The van der Waals surface area contributed by atoms with E-state index in [1.807, 2.05) is 23.7 Å². The van der Waals surface area contributed by atoms with Gasteiger partial charge < -0.3 is 14.8 Å². The Bertz CT molecular complexity index is 514. The van der Waals surface area contributed by atoms with E-state index in [0.29, 0.717) is 5.92 Å². The molecule has 0 aliphatic rings. The number of halogens is 1. The summed E-state index contributed by atoms with van der Waals surface area (Å²) >= 11 is 3.38. The van der Waals surface area contributed by atoms with Gasteiger partial charge in [-0.15, -0.1) is 0 Å². The van der Waals surface area contributed by atoms with E-state index in [-0.39, 0.29) is 6.61 Å². The van der Waals surface area contributed by atoms with Crippen molar-refractivity contribution >= 4 is 27.4 Å². The Morgan fingerprint density at radius 3 is 3.17 bits per heavy atom. The zero-order valence-corrected chi connectivity index (χ0v) is 11.9. The van der Waals surface area contributed by atoms with Crippen LogP contribution >= 0.6 is 15.9 Å². The van der Waals surface area contributed by atoms with Gasteiger partial charge in [-0.2, -0.15) is 0 Å². The van der Waals surface area contributed by atoms with Gasteiger partial charge in [-0.3, -0.25) is 0 Å².